The molecule has 0 aliphatic carbocycles. The lowest BCUT2D eigenvalue weighted by molar-refractivity contribution is 0.435. The molecule has 0 saturated carbocycles. The summed E-state index contributed by atoms with van der Waals surface area (Å²) in [6, 6.07) is 6.88. The Balaban J connectivity index is 3.06. The van der Waals surface area contributed by atoms with Gasteiger partial charge in [0.15, 0.2) is 0 Å². The lowest BCUT2D eigenvalue weighted by Crippen LogP contribution is -2.42. The molecule has 0 spiro atoms. The van der Waals surface area contributed by atoms with E-state index in [9.17, 15) is 8.42 Å². The molecule has 1 N–H and O–H groups in total. The van der Waals surface area contributed by atoms with E-state index in [0.717, 1.165) is 5.56 Å². The summed E-state index contributed by atoms with van der Waals surface area (Å²) in [6.07, 6.45) is 1.80. The predicted molar refractivity (Wildman–Crippen MR) is 92.0 cm³/mol. The number of nitrogens with one attached hydrogen (secondary N) is 1. The number of hydrogen-bond donors (Lipinski definition) is 1. The smallest absolute Gasteiger partial charge is 0.207 e. The van der Waals surface area contributed by atoms with Crippen molar-refractivity contribution in [2.24, 2.45) is 5.41 Å². The summed E-state index contributed by atoms with van der Waals surface area (Å²) in [5, 5.41) is 0.0521. The third kappa shape index (κ3) is 5.16. The van der Waals surface area contributed by atoms with Crippen LogP contribution in [0.4, 0.5) is 0 Å². The second-order valence-corrected chi connectivity index (χ2v) is 9.43. The van der Waals surface area contributed by atoms with Crippen molar-refractivity contribution in [1.82, 2.24) is 4.72 Å². The van der Waals surface area contributed by atoms with E-state index in [2.05, 4.69) is 25.1 Å². The fraction of sp³-hybridized carbons (Fsp3) is 0.500. The van der Waals surface area contributed by atoms with Gasteiger partial charge in [-0.15, -0.1) is 18.3 Å². The largest absolute Gasteiger partial charge is 0.241 e. The van der Waals surface area contributed by atoms with Crippen LogP contribution in [-0.2, 0) is 10.0 Å². The predicted octanol–water partition coefficient (Wildman–Crippen LogP) is 3.95. The highest BCUT2D eigenvalue weighted by molar-refractivity contribution is 8.01. The molecule has 0 bridgehead atoms. The molecule has 0 saturated heterocycles. The average Bonchev–Trinajstić information content (AvgIpc) is 2.37. The lowest BCUT2D eigenvalue weighted by Gasteiger charge is -2.32. The second-order valence-electron chi connectivity index (χ2n) is 6.02. The molecule has 1 aromatic carbocycles. The summed E-state index contributed by atoms with van der Waals surface area (Å²) in [5.74, 6) is 0. The SMILES string of the molecule is C=CC(C)(C)C(NS(=O)(=O)c1ccc(C)cc1)SC(C)C. The van der Waals surface area contributed by atoms with Gasteiger partial charge in [-0.2, -0.15) is 4.72 Å². The minimum Gasteiger partial charge on any atom is -0.207 e. The Morgan fingerprint density at radius 2 is 1.76 bits per heavy atom. The second kappa shape index (κ2) is 6.99. The van der Waals surface area contributed by atoms with Gasteiger partial charge < -0.3 is 0 Å². The maximum atomic E-state index is 12.5. The Bertz CT molecular complexity index is 575. The fourth-order valence-corrected chi connectivity index (χ4v) is 4.47. The zero-order valence-electron chi connectivity index (χ0n) is 13.4. The van der Waals surface area contributed by atoms with Gasteiger partial charge in [0.25, 0.3) is 0 Å². The first kappa shape index (κ1) is 18.3. The highest BCUT2D eigenvalue weighted by Crippen LogP contribution is 2.33. The van der Waals surface area contributed by atoms with E-state index < -0.39 is 10.0 Å². The highest BCUT2D eigenvalue weighted by Gasteiger charge is 2.32. The summed E-state index contributed by atoms with van der Waals surface area (Å²) in [6.45, 7) is 13.8. The van der Waals surface area contributed by atoms with E-state index in [4.69, 9.17) is 0 Å². The van der Waals surface area contributed by atoms with Crippen LogP contribution in [0.25, 0.3) is 0 Å². The molecular formula is C16H25NO2S2. The summed E-state index contributed by atoms with van der Waals surface area (Å²) in [5.41, 5.74) is 0.695. The van der Waals surface area contributed by atoms with Crippen molar-refractivity contribution in [3.63, 3.8) is 0 Å². The first-order valence-corrected chi connectivity index (χ1v) is 9.39. The first-order chi connectivity index (χ1) is 9.58. The number of sulfonamides is 1. The quantitative estimate of drug-likeness (QED) is 0.609. The van der Waals surface area contributed by atoms with Crippen LogP contribution in [-0.4, -0.2) is 19.0 Å². The molecule has 3 nitrogen and oxygen atoms in total. The Hall–Kier alpha value is -0.780. The van der Waals surface area contributed by atoms with Gasteiger partial charge in [-0.25, -0.2) is 8.42 Å². The molecule has 0 radical (unpaired) electrons. The summed E-state index contributed by atoms with van der Waals surface area (Å²) in [7, 11) is -3.53. The van der Waals surface area contributed by atoms with Crippen molar-refractivity contribution in [2.45, 2.75) is 50.1 Å². The zero-order valence-corrected chi connectivity index (χ0v) is 15.0. The first-order valence-electron chi connectivity index (χ1n) is 6.96. The normalized spacial score (nSPS) is 14.2. The topological polar surface area (TPSA) is 46.2 Å². The fourth-order valence-electron chi connectivity index (χ4n) is 1.66. The molecule has 0 amide bonds. The molecule has 1 atom stereocenters. The van der Waals surface area contributed by atoms with Gasteiger partial charge in [0.05, 0.1) is 10.3 Å². The van der Waals surface area contributed by atoms with Gasteiger partial charge in [-0.05, 0) is 19.1 Å². The van der Waals surface area contributed by atoms with Crippen LogP contribution in [0.3, 0.4) is 0 Å². The van der Waals surface area contributed by atoms with Crippen molar-refractivity contribution in [2.75, 3.05) is 0 Å². The zero-order chi connectivity index (χ0) is 16.3. The number of thioether (sulfide) groups is 1. The number of benzene rings is 1. The van der Waals surface area contributed by atoms with E-state index in [1.54, 1.807) is 42.1 Å². The van der Waals surface area contributed by atoms with Crippen LogP contribution in [0.5, 0.6) is 0 Å². The van der Waals surface area contributed by atoms with Crippen LogP contribution in [0, 0.1) is 12.3 Å². The Labute approximate surface area is 133 Å². The highest BCUT2D eigenvalue weighted by atomic mass is 32.2. The van der Waals surface area contributed by atoms with Gasteiger partial charge in [-0.1, -0.05) is 51.5 Å². The maximum absolute atomic E-state index is 12.5. The number of hydrogen-bond acceptors (Lipinski definition) is 3. The van der Waals surface area contributed by atoms with Gasteiger partial charge >= 0.3 is 0 Å². The van der Waals surface area contributed by atoms with E-state index in [1.807, 2.05) is 20.8 Å². The summed E-state index contributed by atoms with van der Waals surface area (Å²) >= 11 is 1.59. The summed E-state index contributed by atoms with van der Waals surface area (Å²) in [4.78, 5) is 0.294. The van der Waals surface area contributed by atoms with Crippen molar-refractivity contribution < 1.29 is 8.42 Å². The van der Waals surface area contributed by atoms with Crippen molar-refractivity contribution in [3.8, 4) is 0 Å². The van der Waals surface area contributed by atoms with Crippen molar-refractivity contribution in [3.05, 3.63) is 42.5 Å². The summed E-state index contributed by atoms with van der Waals surface area (Å²) < 4.78 is 27.9. The van der Waals surface area contributed by atoms with E-state index in [-0.39, 0.29) is 10.8 Å². The van der Waals surface area contributed by atoms with Crippen LogP contribution < -0.4 is 4.72 Å². The molecule has 1 rings (SSSR count). The van der Waals surface area contributed by atoms with E-state index >= 15 is 0 Å². The molecule has 0 aliphatic rings. The molecule has 0 aromatic heterocycles. The molecule has 0 heterocycles. The van der Waals surface area contributed by atoms with Gasteiger partial charge in [0.1, 0.15) is 0 Å². The molecule has 0 aliphatic heterocycles. The molecule has 5 heteroatoms. The van der Waals surface area contributed by atoms with Gasteiger partial charge in [0, 0.05) is 10.7 Å². The average molecular weight is 328 g/mol. The van der Waals surface area contributed by atoms with Gasteiger partial charge in [-0.3, -0.25) is 0 Å². The molecule has 1 aromatic rings. The number of rotatable bonds is 7. The van der Waals surface area contributed by atoms with Crippen LogP contribution in [0.15, 0.2) is 41.8 Å². The molecular weight excluding hydrogens is 302 g/mol. The monoisotopic (exact) mass is 327 g/mol. The van der Waals surface area contributed by atoms with Crippen molar-refractivity contribution >= 4 is 21.8 Å². The Morgan fingerprint density at radius 1 is 1.24 bits per heavy atom. The minimum atomic E-state index is -3.53. The Kier molecular flexibility index (Phi) is 6.08. The van der Waals surface area contributed by atoms with Crippen LogP contribution in [0.1, 0.15) is 33.3 Å². The molecule has 118 valence electrons. The number of aryl methyl sites for hydroxylation is 1. The minimum absolute atomic E-state index is 0.263. The third-order valence-corrected chi connectivity index (χ3v) is 6.33. The van der Waals surface area contributed by atoms with Gasteiger partial charge in [0.2, 0.25) is 10.0 Å². The Morgan fingerprint density at radius 3 is 2.19 bits per heavy atom. The lowest BCUT2D eigenvalue weighted by atomic mass is 9.94. The van der Waals surface area contributed by atoms with E-state index in [0.29, 0.717) is 10.1 Å². The standard InChI is InChI=1S/C16H25NO2S2/c1-7-16(5,6)15(20-12(2)3)17-21(18,19)14-10-8-13(4)9-11-14/h7-12,15,17H,1H2,2-6H3. The van der Waals surface area contributed by atoms with E-state index in [1.165, 1.54) is 0 Å². The van der Waals surface area contributed by atoms with Crippen molar-refractivity contribution in [1.29, 1.82) is 0 Å². The van der Waals surface area contributed by atoms with Crippen LogP contribution >= 0.6 is 11.8 Å². The van der Waals surface area contributed by atoms with Crippen LogP contribution in [0.2, 0.25) is 0 Å². The molecule has 1 unspecified atom stereocenters. The molecule has 0 fully saturated rings. The molecule has 21 heavy (non-hydrogen) atoms. The maximum Gasteiger partial charge on any atom is 0.241 e. The third-order valence-electron chi connectivity index (χ3n) is 3.20.